The number of alkyl halides is 1. The van der Waals surface area contributed by atoms with Crippen molar-refractivity contribution in [1.82, 2.24) is 19.9 Å². The summed E-state index contributed by atoms with van der Waals surface area (Å²) in [5.74, 6) is 1.09. The van der Waals surface area contributed by atoms with Crippen LogP contribution in [0.5, 0.6) is 6.01 Å². The molecule has 2 N–H and O–H groups in total. The molecule has 4 aliphatic heterocycles. The smallest absolute Gasteiger partial charge is 0.323 e. The van der Waals surface area contributed by atoms with E-state index in [9.17, 15) is 9.65 Å². The van der Waals surface area contributed by atoms with Gasteiger partial charge in [-0.2, -0.15) is 20.2 Å². The van der Waals surface area contributed by atoms with Crippen LogP contribution >= 0.6 is 11.3 Å². The number of nitrogens with zero attached hydrogens (tertiary/aromatic N) is 8. The summed E-state index contributed by atoms with van der Waals surface area (Å²) in [5, 5.41) is 10.4. The maximum absolute atomic E-state index is 14.4. The highest BCUT2D eigenvalue weighted by atomic mass is 32.1. The van der Waals surface area contributed by atoms with Crippen molar-refractivity contribution in [3.8, 4) is 12.1 Å². The summed E-state index contributed by atoms with van der Waals surface area (Å²) in [6, 6.07) is 2.51. The molecule has 4 saturated heterocycles. The minimum absolute atomic E-state index is 0.0874. The van der Waals surface area contributed by atoms with Gasteiger partial charge in [-0.25, -0.2) is 11.0 Å². The zero-order chi connectivity index (χ0) is 27.5. The van der Waals surface area contributed by atoms with E-state index in [4.69, 9.17) is 32.0 Å². The summed E-state index contributed by atoms with van der Waals surface area (Å²) in [7, 11) is 0. The van der Waals surface area contributed by atoms with Gasteiger partial charge in [0, 0.05) is 49.3 Å². The molecule has 4 fully saturated rings. The van der Waals surface area contributed by atoms with Gasteiger partial charge in [-0.1, -0.05) is 0 Å². The number of nitrogen functional groups attached to an aromatic ring is 1. The molecule has 1 spiro atoms. The van der Waals surface area contributed by atoms with Gasteiger partial charge < -0.3 is 25.1 Å². The molecule has 0 radical (unpaired) electrons. The van der Waals surface area contributed by atoms with Gasteiger partial charge in [0.2, 0.25) is 17.9 Å². The van der Waals surface area contributed by atoms with E-state index >= 15 is 0 Å². The number of nitriles is 1. The van der Waals surface area contributed by atoms with Crippen LogP contribution in [0.3, 0.4) is 0 Å². The minimum Gasteiger partial charge on any atom is -0.461 e. The van der Waals surface area contributed by atoms with Crippen LogP contribution in [0.15, 0.2) is 0 Å². The highest BCUT2D eigenvalue weighted by Gasteiger charge is 2.52. The molecule has 3 atom stereocenters. The number of hydrogen-bond acceptors (Lipinski definition) is 10. The predicted octanol–water partition coefficient (Wildman–Crippen LogP) is 3.32. The molecule has 210 valence electrons. The molecular weight excluding hydrogens is 529 g/mol. The summed E-state index contributed by atoms with van der Waals surface area (Å²) in [5.41, 5.74) is 7.53. The fraction of sp³-hybridized carbons (Fsp3) is 0.679. The molecule has 2 aromatic heterocycles. The molecule has 40 heavy (non-hydrogen) atoms. The quantitative estimate of drug-likeness (QED) is 0.548. The van der Waals surface area contributed by atoms with E-state index in [0.717, 1.165) is 63.6 Å². The van der Waals surface area contributed by atoms with Crippen molar-refractivity contribution < 1.29 is 9.13 Å². The normalized spacial score (nSPS) is 29.0. The van der Waals surface area contributed by atoms with Gasteiger partial charge in [-0.3, -0.25) is 4.90 Å². The lowest BCUT2D eigenvalue weighted by Gasteiger charge is -2.48. The van der Waals surface area contributed by atoms with Crippen LogP contribution in [0.2, 0.25) is 0 Å². The summed E-state index contributed by atoms with van der Waals surface area (Å²) in [6.07, 6.45) is 6.42. The standard InChI is InChI=1S/C28H34FN9OS/c1-32-19-5-2-3-9-36(14-19)24-33-25(35-26(34-24)39-17-28-7-4-10-38(28)13-18(29)11-28)37-15-27(16-37)8-6-21-22(27)20(12-30)23(31)40-21/h18-19H,2-11,13-17,31H2/t18-,19?,28+/m1/s1. The molecule has 10 nitrogen and oxygen atoms in total. The summed E-state index contributed by atoms with van der Waals surface area (Å²) in [4.78, 5) is 25.9. The molecule has 2 aromatic rings. The summed E-state index contributed by atoms with van der Waals surface area (Å²) < 4.78 is 20.6. The monoisotopic (exact) mass is 563 g/mol. The summed E-state index contributed by atoms with van der Waals surface area (Å²) >= 11 is 1.54. The summed E-state index contributed by atoms with van der Waals surface area (Å²) in [6.45, 7) is 12.1. The van der Waals surface area contributed by atoms with E-state index in [1.165, 1.54) is 4.88 Å². The van der Waals surface area contributed by atoms with E-state index < -0.39 is 6.17 Å². The molecule has 0 aromatic carbocycles. The number of thiophene rings is 1. The third-order valence-corrected chi connectivity index (χ3v) is 10.8. The highest BCUT2D eigenvalue weighted by Crippen LogP contribution is 2.52. The SMILES string of the molecule is [C-]#[N+]C1CCCCN(c2nc(OC[C@@]34CCCN3C[C@H](F)C4)nc(N3CC4(CCc5sc(N)c(C#N)c54)C3)n2)C1. The molecule has 6 heterocycles. The van der Waals surface area contributed by atoms with Crippen molar-refractivity contribution in [3.63, 3.8) is 0 Å². The molecule has 0 saturated carbocycles. The fourth-order valence-corrected chi connectivity index (χ4v) is 8.84. The molecule has 1 aliphatic carbocycles. The van der Waals surface area contributed by atoms with Gasteiger partial charge in [0.05, 0.1) is 17.6 Å². The van der Waals surface area contributed by atoms with Gasteiger partial charge in [0.1, 0.15) is 23.8 Å². The molecule has 5 aliphatic rings. The number of nitrogens with two attached hydrogens (primary N) is 1. The lowest BCUT2D eigenvalue weighted by molar-refractivity contribution is 0.107. The first-order valence-electron chi connectivity index (χ1n) is 14.4. The molecular formula is C28H34FN9OS. The Hall–Kier alpha value is -3.22. The number of aromatic nitrogens is 3. The van der Waals surface area contributed by atoms with Crippen LogP contribution in [0.4, 0.5) is 21.3 Å². The maximum Gasteiger partial charge on any atom is 0.323 e. The molecule has 0 amide bonds. The average Bonchev–Trinajstić information content (AvgIpc) is 3.59. The Morgan fingerprint density at radius 3 is 2.75 bits per heavy atom. The van der Waals surface area contributed by atoms with Crippen molar-refractivity contribution in [3.05, 3.63) is 27.4 Å². The van der Waals surface area contributed by atoms with Crippen LogP contribution in [-0.2, 0) is 11.8 Å². The van der Waals surface area contributed by atoms with E-state index in [1.54, 1.807) is 11.3 Å². The van der Waals surface area contributed by atoms with E-state index in [0.29, 0.717) is 61.7 Å². The Morgan fingerprint density at radius 2 is 1.95 bits per heavy atom. The third-order valence-electron chi connectivity index (χ3n) is 9.69. The second kappa shape index (κ2) is 9.71. The zero-order valence-electron chi connectivity index (χ0n) is 22.6. The van der Waals surface area contributed by atoms with E-state index in [-0.39, 0.29) is 23.0 Å². The number of anilines is 3. The second-order valence-electron chi connectivity index (χ2n) is 12.2. The Balaban J connectivity index is 1.17. The minimum atomic E-state index is -0.825. The lowest BCUT2D eigenvalue weighted by Crippen LogP contribution is -2.59. The van der Waals surface area contributed by atoms with Crippen LogP contribution < -0.4 is 20.3 Å². The number of hydrogen-bond donors (Lipinski definition) is 1. The molecule has 0 bridgehead atoms. The molecule has 12 heteroatoms. The van der Waals surface area contributed by atoms with Crippen molar-refractivity contribution >= 4 is 28.2 Å². The van der Waals surface area contributed by atoms with Crippen molar-refractivity contribution in [2.24, 2.45) is 0 Å². The van der Waals surface area contributed by atoms with E-state index in [1.807, 2.05) is 0 Å². The first-order chi connectivity index (χ1) is 19.4. The van der Waals surface area contributed by atoms with Gasteiger partial charge in [-0.15, -0.1) is 11.3 Å². The highest BCUT2D eigenvalue weighted by molar-refractivity contribution is 7.16. The predicted molar refractivity (Wildman–Crippen MR) is 150 cm³/mol. The number of aryl methyl sites for hydroxylation is 1. The third kappa shape index (κ3) is 4.15. The van der Waals surface area contributed by atoms with E-state index in [2.05, 4.69) is 25.6 Å². The van der Waals surface area contributed by atoms with Gasteiger partial charge in [-0.05, 0) is 50.6 Å². The van der Waals surface area contributed by atoms with Crippen LogP contribution in [0, 0.1) is 17.9 Å². The van der Waals surface area contributed by atoms with Gasteiger partial charge in [0.15, 0.2) is 0 Å². The van der Waals surface area contributed by atoms with Gasteiger partial charge in [0.25, 0.3) is 0 Å². The Labute approximate surface area is 237 Å². The van der Waals surface area contributed by atoms with Gasteiger partial charge >= 0.3 is 6.01 Å². The van der Waals surface area contributed by atoms with Crippen LogP contribution in [0.25, 0.3) is 4.85 Å². The number of fused-ring (bicyclic) bond motifs is 3. The number of ether oxygens (including phenoxy) is 1. The Morgan fingerprint density at radius 1 is 1.12 bits per heavy atom. The number of halogens is 1. The van der Waals surface area contributed by atoms with Crippen molar-refractivity contribution in [1.29, 1.82) is 5.26 Å². The maximum atomic E-state index is 14.4. The molecule has 1 unspecified atom stereocenters. The second-order valence-corrected chi connectivity index (χ2v) is 13.3. The first-order valence-corrected chi connectivity index (χ1v) is 15.2. The topological polar surface area (TPSA) is 112 Å². The fourth-order valence-electron chi connectivity index (χ4n) is 7.70. The van der Waals surface area contributed by atoms with Crippen LogP contribution in [-0.4, -0.2) is 83.5 Å². The Bertz CT molecular complexity index is 1400. The van der Waals surface area contributed by atoms with Crippen molar-refractivity contribution in [2.45, 2.75) is 74.5 Å². The van der Waals surface area contributed by atoms with Crippen molar-refractivity contribution in [2.75, 3.05) is 61.4 Å². The first kappa shape index (κ1) is 25.7. The largest absolute Gasteiger partial charge is 0.461 e. The number of rotatable bonds is 5. The Kier molecular flexibility index (Phi) is 6.24. The zero-order valence-corrected chi connectivity index (χ0v) is 23.4. The lowest BCUT2D eigenvalue weighted by atomic mass is 9.74. The average molecular weight is 564 g/mol. The molecule has 7 rings (SSSR count). The van der Waals surface area contributed by atoms with Crippen LogP contribution in [0.1, 0.15) is 60.9 Å².